The number of aromatic nitrogens is 6. The van der Waals surface area contributed by atoms with Gasteiger partial charge in [-0.15, -0.1) is 5.10 Å². The number of hydrogen-bond donors (Lipinski definition) is 2. The molecule has 5 rings (SSSR count). The molecule has 2 aromatic carbocycles. The van der Waals surface area contributed by atoms with Crippen LogP contribution in [0.1, 0.15) is 24.2 Å². The van der Waals surface area contributed by atoms with Crippen LogP contribution in [0.25, 0.3) is 33.2 Å². The molecule has 0 unspecified atom stereocenters. The maximum Gasteiger partial charge on any atom is 0.183 e. The highest BCUT2D eigenvalue weighted by atomic mass is 35.5. The molecule has 0 amide bonds. The number of nitrogens with one attached hydrogen (secondary N) is 1. The predicted molar refractivity (Wildman–Crippen MR) is 114 cm³/mol. The second kappa shape index (κ2) is 7.00. The van der Waals surface area contributed by atoms with Crippen LogP contribution in [0.5, 0.6) is 0 Å². The number of imidazole rings is 1. The fourth-order valence-electron chi connectivity index (χ4n) is 3.63. The smallest absolute Gasteiger partial charge is 0.183 e. The van der Waals surface area contributed by atoms with Crippen molar-refractivity contribution in [3.05, 3.63) is 71.2 Å². The van der Waals surface area contributed by atoms with E-state index in [2.05, 4.69) is 30.1 Å². The molecule has 30 heavy (non-hydrogen) atoms. The number of fused-ring (bicyclic) bond motifs is 2. The average molecular weight is 420 g/mol. The lowest BCUT2D eigenvalue weighted by molar-refractivity contribution is 0.628. The van der Waals surface area contributed by atoms with Gasteiger partial charge in [-0.2, -0.15) is 5.10 Å². The normalized spacial score (nSPS) is 12.5. The molecule has 0 aliphatic carbocycles. The van der Waals surface area contributed by atoms with E-state index in [0.717, 1.165) is 16.5 Å². The van der Waals surface area contributed by atoms with Crippen molar-refractivity contribution in [1.29, 1.82) is 0 Å². The second-order valence-electron chi connectivity index (χ2n) is 6.92. The van der Waals surface area contributed by atoms with E-state index in [9.17, 15) is 4.39 Å². The Balaban J connectivity index is 1.80. The van der Waals surface area contributed by atoms with Crippen molar-refractivity contribution in [3.63, 3.8) is 0 Å². The molecule has 0 fully saturated rings. The Bertz CT molecular complexity index is 1420. The van der Waals surface area contributed by atoms with E-state index >= 15 is 0 Å². The van der Waals surface area contributed by atoms with Gasteiger partial charge in [0.25, 0.3) is 0 Å². The lowest BCUT2D eigenvalue weighted by atomic mass is 9.89. The topological polar surface area (TPSA) is 106 Å². The van der Waals surface area contributed by atoms with Crippen LogP contribution in [0.15, 0.2) is 48.9 Å². The van der Waals surface area contributed by atoms with Gasteiger partial charge in [0, 0.05) is 16.9 Å². The molecule has 0 saturated carbocycles. The first kappa shape index (κ1) is 18.4. The predicted octanol–water partition coefficient (Wildman–Crippen LogP) is 4.49. The molecule has 0 aliphatic rings. The summed E-state index contributed by atoms with van der Waals surface area (Å²) in [4.78, 5) is 16.1. The minimum Gasteiger partial charge on any atom is -0.382 e. The van der Waals surface area contributed by atoms with Crippen molar-refractivity contribution in [2.75, 3.05) is 5.73 Å². The van der Waals surface area contributed by atoms with E-state index in [1.54, 1.807) is 18.3 Å². The molecule has 3 heterocycles. The van der Waals surface area contributed by atoms with E-state index in [-0.39, 0.29) is 11.7 Å². The molecule has 3 aromatic heterocycles. The number of nitrogen functional groups attached to an aromatic ring is 1. The van der Waals surface area contributed by atoms with Gasteiger partial charge >= 0.3 is 0 Å². The molecule has 0 spiro atoms. The summed E-state index contributed by atoms with van der Waals surface area (Å²) in [5, 5.41) is 9.56. The van der Waals surface area contributed by atoms with E-state index < -0.39 is 0 Å². The summed E-state index contributed by atoms with van der Waals surface area (Å²) < 4.78 is 14.1. The quantitative estimate of drug-likeness (QED) is 0.446. The summed E-state index contributed by atoms with van der Waals surface area (Å²) in [6, 6.07) is 9.95. The molecule has 0 radical (unpaired) electrons. The van der Waals surface area contributed by atoms with Crippen LogP contribution in [0, 0.1) is 5.82 Å². The Morgan fingerprint density at radius 2 is 2.03 bits per heavy atom. The van der Waals surface area contributed by atoms with E-state index in [1.165, 1.54) is 18.5 Å². The molecule has 7 nitrogen and oxygen atoms in total. The summed E-state index contributed by atoms with van der Waals surface area (Å²) in [6.45, 7) is 1.93. The third-order valence-corrected chi connectivity index (χ3v) is 5.40. The minimum atomic E-state index is -0.350. The molecular formula is C21H15ClFN7. The number of aromatic amines is 1. The molecule has 9 heteroatoms. The SMILES string of the molecule is C[C@H](c1nc(N)c2[nH]cnc2n1)c1cc(Cl)c2ccnnc2c1-c1cccc(F)c1. The number of nitrogens with zero attached hydrogens (tertiary/aromatic N) is 5. The van der Waals surface area contributed by atoms with Gasteiger partial charge in [-0.05, 0) is 35.4 Å². The molecule has 5 aromatic rings. The van der Waals surface area contributed by atoms with E-state index in [1.807, 2.05) is 19.1 Å². The Kier molecular flexibility index (Phi) is 4.29. The number of rotatable bonds is 3. The van der Waals surface area contributed by atoms with Gasteiger partial charge in [0.1, 0.15) is 22.7 Å². The standard InChI is InChI=1S/C21H15ClFN7/c1-10(20-28-19(24)18-21(29-20)26-9-25-18)14-8-15(22)13-5-6-27-30-17(13)16(14)11-3-2-4-12(23)7-11/h2-10H,1H3,(H3,24,25,26,28,29)/t10-/m0/s1. The first-order chi connectivity index (χ1) is 14.5. The van der Waals surface area contributed by atoms with E-state index in [4.69, 9.17) is 17.3 Å². The third kappa shape index (κ3) is 2.93. The van der Waals surface area contributed by atoms with Crippen LogP contribution in [-0.4, -0.2) is 30.1 Å². The fourth-order valence-corrected chi connectivity index (χ4v) is 3.90. The number of halogens is 2. The van der Waals surface area contributed by atoms with Crippen LogP contribution in [0.4, 0.5) is 10.2 Å². The molecular weight excluding hydrogens is 405 g/mol. The third-order valence-electron chi connectivity index (χ3n) is 5.08. The first-order valence-electron chi connectivity index (χ1n) is 9.19. The first-order valence-corrected chi connectivity index (χ1v) is 9.57. The summed E-state index contributed by atoms with van der Waals surface area (Å²) >= 11 is 6.57. The Morgan fingerprint density at radius 1 is 1.17 bits per heavy atom. The summed E-state index contributed by atoms with van der Waals surface area (Å²) in [6.07, 6.45) is 3.09. The van der Waals surface area contributed by atoms with Gasteiger partial charge in [-0.1, -0.05) is 30.7 Å². The monoisotopic (exact) mass is 419 g/mol. The number of nitrogens with two attached hydrogens (primary N) is 1. The van der Waals surface area contributed by atoms with Crippen LogP contribution >= 0.6 is 11.6 Å². The molecule has 3 N–H and O–H groups in total. The molecule has 0 saturated heterocycles. The van der Waals surface area contributed by atoms with Gasteiger partial charge in [0.2, 0.25) is 0 Å². The van der Waals surface area contributed by atoms with Gasteiger partial charge in [-0.3, -0.25) is 0 Å². The summed E-state index contributed by atoms with van der Waals surface area (Å²) in [5.74, 6) is 0.106. The zero-order valence-electron chi connectivity index (χ0n) is 15.8. The Hall–Kier alpha value is -3.65. The molecule has 0 bridgehead atoms. The lowest BCUT2D eigenvalue weighted by Gasteiger charge is -2.18. The average Bonchev–Trinajstić information content (AvgIpc) is 3.22. The lowest BCUT2D eigenvalue weighted by Crippen LogP contribution is -2.08. The minimum absolute atomic E-state index is 0.304. The zero-order chi connectivity index (χ0) is 20.8. The number of H-pyrrole nitrogens is 1. The molecule has 0 aliphatic heterocycles. The fraction of sp³-hybridized carbons (Fsp3) is 0.0952. The van der Waals surface area contributed by atoms with Crippen LogP contribution in [0.3, 0.4) is 0 Å². The molecule has 1 atom stereocenters. The largest absolute Gasteiger partial charge is 0.382 e. The molecule has 148 valence electrons. The number of anilines is 1. The van der Waals surface area contributed by atoms with Crippen molar-refractivity contribution in [1.82, 2.24) is 30.1 Å². The van der Waals surface area contributed by atoms with Gasteiger partial charge < -0.3 is 10.7 Å². The van der Waals surface area contributed by atoms with Crippen molar-refractivity contribution < 1.29 is 4.39 Å². The van der Waals surface area contributed by atoms with Crippen LogP contribution in [0.2, 0.25) is 5.02 Å². The van der Waals surface area contributed by atoms with Crippen molar-refractivity contribution in [3.8, 4) is 11.1 Å². The summed E-state index contributed by atoms with van der Waals surface area (Å²) in [7, 11) is 0. The summed E-state index contributed by atoms with van der Waals surface area (Å²) in [5.41, 5.74) is 9.89. The number of benzene rings is 2. The highest BCUT2D eigenvalue weighted by Gasteiger charge is 2.23. The van der Waals surface area contributed by atoms with Crippen LogP contribution < -0.4 is 5.73 Å². The van der Waals surface area contributed by atoms with Gasteiger partial charge in [0.15, 0.2) is 11.5 Å². The Morgan fingerprint density at radius 3 is 2.87 bits per heavy atom. The van der Waals surface area contributed by atoms with Gasteiger partial charge in [-0.25, -0.2) is 19.3 Å². The van der Waals surface area contributed by atoms with Crippen molar-refractivity contribution in [2.24, 2.45) is 0 Å². The van der Waals surface area contributed by atoms with Crippen LogP contribution in [-0.2, 0) is 0 Å². The highest BCUT2D eigenvalue weighted by molar-refractivity contribution is 6.36. The van der Waals surface area contributed by atoms with Crippen molar-refractivity contribution in [2.45, 2.75) is 12.8 Å². The van der Waals surface area contributed by atoms with Gasteiger partial charge in [0.05, 0.1) is 17.5 Å². The number of hydrogen-bond acceptors (Lipinski definition) is 6. The highest BCUT2D eigenvalue weighted by Crippen LogP contribution is 2.40. The maximum absolute atomic E-state index is 14.1. The van der Waals surface area contributed by atoms with Crippen molar-refractivity contribution >= 4 is 39.5 Å². The second-order valence-corrected chi connectivity index (χ2v) is 7.32. The zero-order valence-corrected chi connectivity index (χ0v) is 16.5. The van der Waals surface area contributed by atoms with E-state index in [0.29, 0.717) is 38.9 Å². The Labute approximate surface area is 175 Å². The maximum atomic E-state index is 14.1.